The predicted molar refractivity (Wildman–Crippen MR) is 65.9 cm³/mol. The summed E-state index contributed by atoms with van der Waals surface area (Å²) in [5.74, 6) is 0.559. The monoisotopic (exact) mass is 253 g/mol. The number of nitrogens with zero attached hydrogens (tertiary/aromatic N) is 3. The molecule has 0 saturated carbocycles. The maximum atomic E-state index is 5.40. The molecule has 0 aliphatic rings. The molecule has 0 amide bonds. The van der Waals surface area contributed by atoms with Gasteiger partial charge in [0.2, 0.25) is 5.89 Å². The summed E-state index contributed by atoms with van der Waals surface area (Å²) < 4.78 is 5.34. The van der Waals surface area contributed by atoms with Gasteiger partial charge in [0.25, 0.3) is 0 Å². The molecule has 92 valence electrons. The third-order valence-electron chi connectivity index (χ3n) is 2.17. The van der Waals surface area contributed by atoms with Gasteiger partial charge in [0, 0.05) is 24.0 Å². The molecule has 7 heteroatoms. The minimum absolute atomic E-state index is 0.418. The van der Waals surface area contributed by atoms with Gasteiger partial charge in [-0.1, -0.05) is 12.0 Å². The van der Waals surface area contributed by atoms with Crippen molar-refractivity contribution in [3.63, 3.8) is 0 Å². The quantitative estimate of drug-likeness (QED) is 0.804. The smallest absolute Gasteiger partial charge is 0.315 e. The van der Waals surface area contributed by atoms with E-state index in [4.69, 9.17) is 10.2 Å². The predicted octanol–water partition coefficient (Wildman–Crippen LogP) is 1.20. The van der Waals surface area contributed by atoms with Crippen LogP contribution in [-0.2, 0) is 19.4 Å². The Balaban J connectivity index is 1.88. The summed E-state index contributed by atoms with van der Waals surface area (Å²) in [7, 11) is 0. The van der Waals surface area contributed by atoms with Gasteiger partial charge in [-0.2, -0.15) is 0 Å². The Morgan fingerprint density at radius 1 is 1.47 bits per heavy atom. The summed E-state index contributed by atoms with van der Waals surface area (Å²) in [6.45, 7) is 3.23. The normalized spacial score (nSPS) is 10.7. The molecule has 0 unspecified atom stereocenters. The Labute approximate surface area is 103 Å². The van der Waals surface area contributed by atoms with Gasteiger partial charge in [-0.3, -0.25) is 0 Å². The summed E-state index contributed by atoms with van der Waals surface area (Å²) in [6.07, 6.45) is 3.51. The molecular weight excluding hydrogens is 238 g/mol. The molecular formula is C10H15N5OS. The van der Waals surface area contributed by atoms with Crippen LogP contribution in [0.1, 0.15) is 22.7 Å². The van der Waals surface area contributed by atoms with Gasteiger partial charge in [0.1, 0.15) is 5.01 Å². The SMILES string of the molecule is CCc1cnc(CNc2nnc(CCN)o2)s1. The first-order valence-electron chi connectivity index (χ1n) is 5.51. The number of hydrogen-bond acceptors (Lipinski definition) is 7. The van der Waals surface area contributed by atoms with Crippen LogP contribution < -0.4 is 11.1 Å². The van der Waals surface area contributed by atoms with Crippen LogP contribution in [0, 0.1) is 0 Å². The number of nitrogens with one attached hydrogen (secondary N) is 1. The van der Waals surface area contributed by atoms with Crippen LogP contribution in [0.3, 0.4) is 0 Å². The van der Waals surface area contributed by atoms with Crippen LogP contribution in [0.25, 0.3) is 0 Å². The topological polar surface area (TPSA) is 89.9 Å². The minimum atomic E-state index is 0.418. The van der Waals surface area contributed by atoms with Gasteiger partial charge >= 0.3 is 6.01 Å². The van der Waals surface area contributed by atoms with E-state index in [0.29, 0.717) is 31.4 Å². The van der Waals surface area contributed by atoms with E-state index in [1.807, 2.05) is 6.20 Å². The molecule has 0 aliphatic heterocycles. The third kappa shape index (κ3) is 3.24. The van der Waals surface area contributed by atoms with Gasteiger partial charge in [-0.25, -0.2) is 4.98 Å². The number of aryl methyl sites for hydroxylation is 1. The van der Waals surface area contributed by atoms with Crippen molar-refractivity contribution in [1.29, 1.82) is 0 Å². The lowest BCUT2D eigenvalue weighted by Crippen LogP contribution is -2.02. The van der Waals surface area contributed by atoms with Crippen molar-refractivity contribution in [3.05, 3.63) is 22.0 Å². The van der Waals surface area contributed by atoms with Crippen molar-refractivity contribution >= 4 is 17.4 Å². The highest BCUT2D eigenvalue weighted by molar-refractivity contribution is 7.11. The number of aromatic nitrogens is 3. The summed E-state index contributed by atoms with van der Waals surface area (Å²) >= 11 is 1.69. The summed E-state index contributed by atoms with van der Waals surface area (Å²) in [4.78, 5) is 5.57. The van der Waals surface area contributed by atoms with Crippen LogP contribution in [0.4, 0.5) is 6.01 Å². The van der Waals surface area contributed by atoms with Gasteiger partial charge < -0.3 is 15.5 Å². The zero-order chi connectivity index (χ0) is 12.1. The molecule has 2 rings (SSSR count). The Hall–Kier alpha value is -1.47. The summed E-state index contributed by atoms with van der Waals surface area (Å²) in [6, 6.07) is 0.418. The maximum Gasteiger partial charge on any atom is 0.315 e. The van der Waals surface area contributed by atoms with Crippen LogP contribution in [0.2, 0.25) is 0 Å². The van der Waals surface area contributed by atoms with Gasteiger partial charge in [0.05, 0.1) is 6.54 Å². The molecule has 0 radical (unpaired) electrons. The number of nitrogens with two attached hydrogens (primary N) is 1. The molecule has 0 aromatic carbocycles. The lowest BCUT2D eigenvalue weighted by molar-refractivity contribution is 0.505. The van der Waals surface area contributed by atoms with E-state index in [9.17, 15) is 0 Å². The lowest BCUT2D eigenvalue weighted by atomic mass is 10.4. The van der Waals surface area contributed by atoms with E-state index in [-0.39, 0.29) is 0 Å². The van der Waals surface area contributed by atoms with Gasteiger partial charge in [0.15, 0.2) is 0 Å². The fraction of sp³-hybridized carbons (Fsp3) is 0.500. The van der Waals surface area contributed by atoms with Crippen molar-refractivity contribution in [2.24, 2.45) is 5.73 Å². The van der Waals surface area contributed by atoms with Crippen molar-refractivity contribution in [1.82, 2.24) is 15.2 Å². The molecule has 0 atom stereocenters. The van der Waals surface area contributed by atoms with Gasteiger partial charge in [-0.15, -0.1) is 16.4 Å². The first-order valence-corrected chi connectivity index (χ1v) is 6.33. The van der Waals surface area contributed by atoms with Crippen molar-refractivity contribution < 1.29 is 4.42 Å². The number of hydrogen-bond donors (Lipinski definition) is 2. The molecule has 0 fully saturated rings. The second kappa shape index (κ2) is 5.74. The minimum Gasteiger partial charge on any atom is -0.408 e. The highest BCUT2D eigenvalue weighted by Crippen LogP contribution is 2.15. The largest absolute Gasteiger partial charge is 0.408 e. The molecule has 17 heavy (non-hydrogen) atoms. The number of anilines is 1. The molecule has 0 saturated heterocycles. The van der Waals surface area contributed by atoms with Crippen LogP contribution in [0.15, 0.2) is 10.6 Å². The van der Waals surface area contributed by atoms with E-state index in [1.165, 1.54) is 4.88 Å². The van der Waals surface area contributed by atoms with E-state index in [1.54, 1.807) is 11.3 Å². The van der Waals surface area contributed by atoms with E-state index in [2.05, 4.69) is 27.4 Å². The average molecular weight is 253 g/mol. The number of rotatable bonds is 6. The zero-order valence-corrected chi connectivity index (χ0v) is 10.5. The molecule has 2 aromatic rings. The lowest BCUT2D eigenvalue weighted by Gasteiger charge is -1.96. The molecule has 2 aromatic heterocycles. The van der Waals surface area contributed by atoms with Crippen molar-refractivity contribution in [2.75, 3.05) is 11.9 Å². The average Bonchev–Trinajstić information content (AvgIpc) is 2.95. The standard InChI is InChI=1S/C10H15N5OS/c1-2-7-5-12-9(17-7)6-13-10-15-14-8(16-10)3-4-11/h5H,2-4,6,11H2,1H3,(H,13,15). The Kier molecular flexibility index (Phi) is 4.05. The van der Waals surface area contributed by atoms with E-state index < -0.39 is 0 Å². The molecule has 6 nitrogen and oxygen atoms in total. The first-order chi connectivity index (χ1) is 8.31. The van der Waals surface area contributed by atoms with Crippen molar-refractivity contribution in [3.8, 4) is 0 Å². The summed E-state index contributed by atoms with van der Waals surface area (Å²) in [5.41, 5.74) is 5.40. The van der Waals surface area contributed by atoms with Crippen LogP contribution in [-0.4, -0.2) is 21.7 Å². The second-order valence-electron chi connectivity index (χ2n) is 3.47. The fourth-order valence-corrected chi connectivity index (χ4v) is 2.10. The maximum absolute atomic E-state index is 5.40. The van der Waals surface area contributed by atoms with Crippen molar-refractivity contribution in [2.45, 2.75) is 26.3 Å². The highest BCUT2D eigenvalue weighted by atomic mass is 32.1. The number of thiazole rings is 1. The molecule has 2 heterocycles. The molecule has 3 N–H and O–H groups in total. The first kappa shape index (κ1) is 12.0. The van der Waals surface area contributed by atoms with Crippen LogP contribution >= 0.6 is 11.3 Å². The zero-order valence-electron chi connectivity index (χ0n) is 9.64. The van der Waals surface area contributed by atoms with Crippen LogP contribution in [0.5, 0.6) is 0 Å². The Morgan fingerprint density at radius 3 is 3.06 bits per heavy atom. The summed E-state index contributed by atoms with van der Waals surface area (Å²) in [5, 5.41) is 11.8. The Morgan fingerprint density at radius 2 is 2.35 bits per heavy atom. The van der Waals surface area contributed by atoms with E-state index >= 15 is 0 Å². The molecule has 0 aliphatic carbocycles. The van der Waals surface area contributed by atoms with Gasteiger partial charge in [-0.05, 0) is 6.42 Å². The highest BCUT2D eigenvalue weighted by Gasteiger charge is 2.06. The Bertz CT molecular complexity index is 467. The second-order valence-corrected chi connectivity index (χ2v) is 4.67. The molecule has 0 bridgehead atoms. The van der Waals surface area contributed by atoms with E-state index in [0.717, 1.165) is 11.4 Å². The molecule has 0 spiro atoms. The third-order valence-corrected chi connectivity index (χ3v) is 3.31. The fourth-order valence-electron chi connectivity index (χ4n) is 1.29.